The van der Waals surface area contributed by atoms with Crippen LogP contribution in [0.15, 0.2) is 78.9 Å². The second-order valence-corrected chi connectivity index (χ2v) is 6.16. The summed E-state index contributed by atoms with van der Waals surface area (Å²) in [6.07, 6.45) is 0. The van der Waals surface area contributed by atoms with Gasteiger partial charge in [-0.05, 0) is 60.7 Å². The van der Waals surface area contributed by atoms with Crippen LogP contribution in [0.3, 0.4) is 0 Å². The van der Waals surface area contributed by atoms with Crippen molar-refractivity contribution in [1.29, 1.82) is 0 Å². The molecule has 23 heavy (non-hydrogen) atoms. The number of benzene rings is 3. The minimum Gasteiger partial charge on any atom is -0.508 e. The number of aromatic hydroxyl groups is 2. The SMILES string of the molecule is Oc1ccc(OP(Oc2ccc(O)cc2)c2ccccc2)cc1. The zero-order valence-electron chi connectivity index (χ0n) is 12.2. The van der Waals surface area contributed by atoms with Crippen LogP contribution in [0.1, 0.15) is 0 Å². The highest BCUT2D eigenvalue weighted by Crippen LogP contribution is 2.40. The number of phenolic OH excluding ortho intramolecular Hbond substituents is 2. The minimum atomic E-state index is -1.39. The summed E-state index contributed by atoms with van der Waals surface area (Å²) in [5.74, 6) is 1.58. The number of hydrogen-bond acceptors (Lipinski definition) is 4. The van der Waals surface area contributed by atoms with Gasteiger partial charge in [0.1, 0.15) is 23.0 Å². The maximum absolute atomic E-state index is 9.36. The number of rotatable bonds is 5. The molecule has 0 saturated heterocycles. The van der Waals surface area contributed by atoms with Crippen LogP contribution in [0.2, 0.25) is 0 Å². The molecule has 0 atom stereocenters. The van der Waals surface area contributed by atoms with Crippen LogP contribution >= 0.6 is 8.38 Å². The predicted octanol–water partition coefficient (Wildman–Crippen LogP) is 4.19. The van der Waals surface area contributed by atoms with Gasteiger partial charge in [0.05, 0.1) is 5.30 Å². The third kappa shape index (κ3) is 4.15. The lowest BCUT2D eigenvalue weighted by Gasteiger charge is -2.19. The van der Waals surface area contributed by atoms with Gasteiger partial charge < -0.3 is 19.3 Å². The van der Waals surface area contributed by atoms with Crippen molar-refractivity contribution in [3.63, 3.8) is 0 Å². The fourth-order valence-corrected chi connectivity index (χ4v) is 3.17. The standard InChI is InChI=1S/C18H15O4P/c19-14-6-10-16(11-7-14)21-23(18-4-2-1-3-5-18)22-17-12-8-15(20)9-13-17/h1-13,19-20H. The Morgan fingerprint density at radius 2 is 1.00 bits per heavy atom. The normalized spacial score (nSPS) is 10.5. The van der Waals surface area contributed by atoms with E-state index in [9.17, 15) is 10.2 Å². The molecule has 3 aromatic rings. The van der Waals surface area contributed by atoms with Gasteiger partial charge in [-0.3, -0.25) is 0 Å². The Balaban J connectivity index is 1.84. The van der Waals surface area contributed by atoms with Crippen molar-refractivity contribution in [3.8, 4) is 23.0 Å². The lowest BCUT2D eigenvalue weighted by molar-refractivity contribution is 0.469. The summed E-state index contributed by atoms with van der Waals surface area (Å²) in [5.41, 5.74) is 0. The van der Waals surface area contributed by atoms with E-state index in [2.05, 4.69) is 0 Å². The zero-order chi connectivity index (χ0) is 16.1. The molecule has 0 spiro atoms. The van der Waals surface area contributed by atoms with Crippen molar-refractivity contribution in [3.05, 3.63) is 78.9 Å². The van der Waals surface area contributed by atoms with Crippen molar-refractivity contribution < 1.29 is 19.3 Å². The van der Waals surface area contributed by atoms with Gasteiger partial charge >= 0.3 is 8.38 Å². The highest BCUT2D eigenvalue weighted by Gasteiger charge is 2.18. The molecular weight excluding hydrogens is 311 g/mol. The molecule has 0 amide bonds. The lowest BCUT2D eigenvalue weighted by atomic mass is 10.3. The predicted molar refractivity (Wildman–Crippen MR) is 90.5 cm³/mol. The number of hydrogen-bond donors (Lipinski definition) is 2. The van der Waals surface area contributed by atoms with Crippen LogP contribution in [-0.4, -0.2) is 10.2 Å². The van der Waals surface area contributed by atoms with Crippen LogP contribution in [-0.2, 0) is 0 Å². The van der Waals surface area contributed by atoms with E-state index >= 15 is 0 Å². The van der Waals surface area contributed by atoms with Gasteiger partial charge in [0, 0.05) is 0 Å². The van der Waals surface area contributed by atoms with Crippen LogP contribution in [0.25, 0.3) is 0 Å². The largest absolute Gasteiger partial charge is 0.508 e. The molecule has 4 nitrogen and oxygen atoms in total. The van der Waals surface area contributed by atoms with E-state index in [4.69, 9.17) is 9.05 Å². The fourth-order valence-electron chi connectivity index (χ4n) is 1.88. The van der Waals surface area contributed by atoms with Crippen LogP contribution in [0.4, 0.5) is 0 Å². The monoisotopic (exact) mass is 326 g/mol. The lowest BCUT2D eigenvalue weighted by Crippen LogP contribution is -2.09. The first-order chi connectivity index (χ1) is 11.2. The Bertz CT molecular complexity index is 695. The molecule has 2 N–H and O–H groups in total. The Morgan fingerprint density at radius 1 is 0.565 bits per heavy atom. The Hall–Kier alpha value is -2.71. The maximum atomic E-state index is 9.36. The molecule has 0 saturated carbocycles. The van der Waals surface area contributed by atoms with Gasteiger partial charge in [0.15, 0.2) is 0 Å². The first kappa shape index (κ1) is 15.2. The molecule has 0 aliphatic carbocycles. The summed E-state index contributed by atoms with van der Waals surface area (Å²) in [6, 6.07) is 22.7. The average molecular weight is 326 g/mol. The van der Waals surface area contributed by atoms with E-state index in [1.165, 1.54) is 0 Å². The Morgan fingerprint density at radius 3 is 1.43 bits per heavy atom. The summed E-state index contributed by atoms with van der Waals surface area (Å²) in [6.45, 7) is 0. The van der Waals surface area contributed by atoms with Gasteiger partial charge in [-0.2, -0.15) is 0 Å². The van der Waals surface area contributed by atoms with Crippen molar-refractivity contribution in [2.75, 3.05) is 0 Å². The molecule has 3 aromatic carbocycles. The van der Waals surface area contributed by atoms with Crippen LogP contribution in [0.5, 0.6) is 23.0 Å². The smallest absolute Gasteiger partial charge is 0.326 e. The molecule has 0 bridgehead atoms. The maximum Gasteiger partial charge on any atom is 0.326 e. The topological polar surface area (TPSA) is 58.9 Å². The van der Waals surface area contributed by atoms with E-state index in [0.29, 0.717) is 11.5 Å². The van der Waals surface area contributed by atoms with Crippen molar-refractivity contribution >= 4 is 13.7 Å². The summed E-state index contributed by atoms with van der Waals surface area (Å²) in [4.78, 5) is 0. The van der Waals surface area contributed by atoms with Gasteiger partial charge in [0.2, 0.25) is 0 Å². The fraction of sp³-hybridized carbons (Fsp3) is 0. The molecular formula is C18H15O4P. The van der Waals surface area contributed by atoms with E-state index < -0.39 is 8.38 Å². The first-order valence-corrected chi connectivity index (χ1v) is 8.18. The Labute approximate surface area is 135 Å². The number of phenols is 2. The average Bonchev–Trinajstić information content (AvgIpc) is 2.59. The molecule has 0 aromatic heterocycles. The summed E-state index contributed by atoms with van der Waals surface area (Å²) >= 11 is 0. The van der Waals surface area contributed by atoms with Gasteiger partial charge in [-0.15, -0.1) is 0 Å². The zero-order valence-corrected chi connectivity index (χ0v) is 13.1. The van der Waals surface area contributed by atoms with Crippen LogP contribution in [0, 0.1) is 0 Å². The third-order valence-electron chi connectivity index (χ3n) is 3.02. The van der Waals surface area contributed by atoms with Gasteiger partial charge in [-0.1, -0.05) is 18.2 Å². The van der Waals surface area contributed by atoms with E-state index in [1.807, 2.05) is 30.3 Å². The van der Waals surface area contributed by atoms with Crippen molar-refractivity contribution in [2.24, 2.45) is 0 Å². The molecule has 116 valence electrons. The molecule has 0 heterocycles. The van der Waals surface area contributed by atoms with E-state index in [1.54, 1.807) is 48.5 Å². The second kappa shape index (κ2) is 7.03. The highest BCUT2D eigenvalue weighted by molar-refractivity contribution is 7.56. The molecule has 0 fully saturated rings. The minimum absolute atomic E-state index is 0.181. The Kier molecular flexibility index (Phi) is 4.65. The highest BCUT2D eigenvalue weighted by atomic mass is 31.2. The van der Waals surface area contributed by atoms with Gasteiger partial charge in [0.25, 0.3) is 0 Å². The first-order valence-electron chi connectivity index (χ1n) is 7.00. The second-order valence-electron chi connectivity index (χ2n) is 4.76. The quantitative estimate of drug-likeness (QED) is 0.690. The molecule has 0 aliphatic rings. The summed E-state index contributed by atoms with van der Waals surface area (Å²) < 4.78 is 11.9. The molecule has 0 aliphatic heterocycles. The molecule has 0 unspecified atom stereocenters. The van der Waals surface area contributed by atoms with Crippen molar-refractivity contribution in [2.45, 2.75) is 0 Å². The van der Waals surface area contributed by atoms with E-state index in [-0.39, 0.29) is 11.5 Å². The van der Waals surface area contributed by atoms with E-state index in [0.717, 1.165) is 5.30 Å². The van der Waals surface area contributed by atoms with Crippen molar-refractivity contribution in [1.82, 2.24) is 0 Å². The van der Waals surface area contributed by atoms with Gasteiger partial charge in [-0.25, -0.2) is 0 Å². The summed E-state index contributed by atoms with van der Waals surface area (Å²) in [7, 11) is -1.39. The molecule has 5 heteroatoms. The van der Waals surface area contributed by atoms with Crippen LogP contribution < -0.4 is 14.4 Å². The molecule has 0 radical (unpaired) electrons. The summed E-state index contributed by atoms with van der Waals surface area (Å²) in [5, 5.41) is 19.6. The third-order valence-corrected chi connectivity index (χ3v) is 4.49. The molecule has 3 rings (SSSR count).